The van der Waals surface area contributed by atoms with E-state index in [9.17, 15) is 24.0 Å². The van der Waals surface area contributed by atoms with Gasteiger partial charge in [0.15, 0.2) is 0 Å². The molecular weight excluding hydrogens is 548 g/mol. The highest BCUT2D eigenvalue weighted by atomic mass is 16.6. The minimum Gasteiger partial charge on any atom is -0.466 e. The smallest absolute Gasteiger partial charge is 0.321 e. The Bertz CT molecular complexity index is 1160. The molecule has 0 spiro atoms. The maximum atomic E-state index is 13.1. The number of fused-ring (bicyclic) bond motifs is 3. The van der Waals surface area contributed by atoms with E-state index in [0.29, 0.717) is 11.1 Å². The fraction of sp³-hybridized carbons (Fsp3) is 0.686. The molecule has 2 saturated heterocycles. The molecule has 0 amide bonds. The van der Waals surface area contributed by atoms with E-state index in [1.165, 1.54) is 70.6 Å². The molecule has 0 bridgehead atoms. The molecule has 8 heteroatoms. The number of unbranched alkanes of at least 4 members (excludes halogenated alkanes) is 13. The van der Waals surface area contributed by atoms with Gasteiger partial charge in [0, 0.05) is 5.41 Å². The predicted octanol–water partition coefficient (Wildman–Crippen LogP) is 6.86. The molecule has 4 rings (SSSR count). The van der Waals surface area contributed by atoms with Crippen molar-refractivity contribution >= 4 is 29.8 Å². The van der Waals surface area contributed by atoms with Crippen molar-refractivity contribution in [3.8, 4) is 0 Å². The Hall–Kier alpha value is -3.03. The summed E-state index contributed by atoms with van der Waals surface area (Å²) in [4.78, 5) is 63.9. The second-order valence-corrected chi connectivity index (χ2v) is 12.8. The number of carbonyl (C=O) groups excluding carboxylic acids is 5. The van der Waals surface area contributed by atoms with Crippen LogP contribution in [0.25, 0.3) is 0 Å². The normalized spacial score (nSPS) is 26.2. The van der Waals surface area contributed by atoms with E-state index < -0.39 is 58.9 Å². The number of hydrogen-bond acceptors (Lipinski definition) is 8. The van der Waals surface area contributed by atoms with Crippen LogP contribution in [0.1, 0.15) is 134 Å². The molecule has 1 aromatic carbocycles. The third kappa shape index (κ3) is 7.74. The summed E-state index contributed by atoms with van der Waals surface area (Å²) in [5.41, 5.74) is 0.132. The number of esters is 5. The van der Waals surface area contributed by atoms with Crippen LogP contribution in [0.3, 0.4) is 0 Å². The molecule has 43 heavy (non-hydrogen) atoms. The highest BCUT2D eigenvalue weighted by Gasteiger charge is 2.64. The second-order valence-electron chi connectivity index (χ2n) is 12.8. The van der Waals surface area contributed by atoms with Crippen molar-refractivity contribution < 1.29 is 38.2 Å². The molecule has 2 aliphatic heterocycles. The standard InChI is InChI=1S/C35H48O8/c1-3-4-5-6-7-8-9-10-11-12-13-14-15-18-21-41-28(36)22-26-31-30(33(39)43-34(31)40)24-19-16-17-20-25(24)35(26,2)27-23-29(37)42-32(27)38/h16-17,19-20,26-27,30-31H,3-15,18,21-23H2,1-2H3. The highest BCUT2D eigenvalue weighted by Crippen LogP contribution is 2.58. The summed E-state index contributed by atoms with van der Waals surface area (Å²) >= 11 is 0. The Morgan fingerprint density at radius 1 is 0.791 bits per heavy atom. The average molecular weight is 597 g/mol. The van der Waals surface area contributed by atoms with Crippen LogP contribution in [0.4, 0.5) is 0 Å². The topological polar surface area (TPSA) is 113 Å². The Morgan fingerprint density at radius 3 is 1.95 bits per heavy atom. The van der Waals surface area contributed by atoms with E-state index in [-0.39, 0.29) is 19.4 Å². The van der Waals surface area contributed by atoms with E-state index in [1.54, 1.807) is 31.2 Å². The van der Waals surface area contributed by atoms with Gasteiger partial charge in [-0.15, -0.1) is 0 Å². The fourth-order valence-electron chi connectivity index (χ4n) is 7.50. The van der Waals surface area contributed by atoms with Gasteiger partial charge in [0.2, 0.25) is 0 Å². The monoisotopic (exact) mass is 596 g/mol. The Kier molecular flexibility index (Phi) is 11.9. The molecule has 2 heterocycles. The number of hydrogen-bond donors (Lipinski definition) is 0. The van der Waals surface area contributed by atoms with Gasteiger partial charge in [0.25, 0.3) is 0 Å². The summed E-state index contributed by atoms with van der Waals surface area (Å²) in [5, 5.41) is 0. The van der Waals surface area contributed by atoms with Gasteiger partial charge in [0.1, 0.15) is 0 Å². The van der Waals surface area contributed by atoms with Gasteiger partial charge in [0.05, 0.1) is 37.2 Å². The molecule has 1 aliphatic carbocycles. The van der Waals surface area contributed by atoms with E-state index in [2.05, 4.69) is 6.92 Å². The zero-order chi connectivity index (χ0) is 30.8. The fourth-order valence-corrected chi connectivity index (χ4v) is 7.50. The lowest BCUT2D eigenvalue weighted by Crippen LogP contribution is -2.51. The van der Waals surface area contributed by atoms with Gasteiger partial charge in [-0.1, -0.05) is 122 Å². The van der Waals surface area contributed by atoms with Crippen LogP contribution >= 0.6 is 0 Å². The molecular formula is C35H48O8. The molecule has 0 aromatic heterocycles. The lowest BCUT2D eigenvalue weighted by Gasteiger charge is -2.48. The van der Waals surface area contributed by atoms with Crippen molar-refractivity contribution in [3.63, 3.8) is 0 Å². The number of rotatable bonds is 18. The minimum absolute atomic E-state index is 0.158. The quantitative estimate of drug-likeness (QED) is 0.0782. The van der Waals surface area contributed by atoms with Crippen LogP contribution in [0, 0.1) is 17.8 Å². The maximum absolute atomic E-state index is 13.1. The molecule has 0 radical (unpaired) electrons. The van der Waals surface area contributed by atoms with Crippen molar-refractivity contribution in [2.24, 2.45) is 17.8 Å². The van der Waals surface area contributed by atoms with E-state index >= 15 is 0 Å². The summed E-state index contributed by atoms with van der Waals surface area (Å²) < 4.78 is 15.6. The van der Waals surface area contributed by atoms with Gasteiger partial charge >= 0.3 is 29.8 Å². The van der Waals surface area contributed by atoms with E-state index in [4.69, 9.17) is 14.2 Å². The average Bonchev–Trinajstić information content (AvgIpc) is 3.49. The molecule has 5 unspecified atom stereocenters. The Labute approximate surface area is 255 Å². The van der Waals surface area contributed by atoms with Crippen molar-refractivity contribution in [2.45, 2.75) is 128 Å². The minimum atomic E-state index is -1.11. The molecule has 236 valence electrons. The van der Waals surface area contributed by atoms with E-state index in [1.807, 2.05) is 0 Å². The third-order valence-corrected chi connectivity index (χ3v) is 9.91. The van der Waals surface area contributed by atoms with Gasteiger partial charge in [-0.25, -0.2) is 0 Å². The van der Waals surface area contributed by atoms with Crippen LogP contribution in [-0.2, 0) is 43.6 Å². The number of benzene rings is 1. The summed E-state index contributed by atoms with van der Waals surface area (Å²) in [6, 6.07) is 7.09. The first-order valence-corrected chi connectivity index (χ1v) is 16.5. The van der Waals surface area contributed by atoms with E-state index in [0.717, 1.165) is 19.3 Å². The van der Waals surface area contributed by atoms with Crippen molar-refractivity contribution in [1.29, 1.82) is 0 Å². The number of carbonyl (C=O) groups is 5. The summed E-state index contributed by atoms with van der Waals surface area (Å²) in [6.07, 6.45) is 16.9. The van der Waals surface area contributed by atoms with Crippen LogP contribution in [-0.4, -0.2) is 36.5 Å². The predicted molar refractivity (Wildman–Crippen MR) is 160 cm³/mol. The molecule has 5 atom stereocenters. The summed E-state index contributed by atoms with van der Waals surface area (Å²) in [5.74, 6) is -6.67. The SMILES string of the molecule is CCCCCCCCCCCCCCCCOC(=O)CC1C2C(=O)OC(=O)C2c2ccccc2C1(C)C1CC(=O)OC1=O. The first-order valence-electron chi connectivity index (χ1n) is 16.5. The molecule has 2 fully saturated rings. The molecule has 0 N–H and O–H groups in total. The van der Waals surface area contributed by atoms with Crippen LogP contribution in [0.2, 0.25) is 0 Å². The lowest BCUT2D eigenvalue weighted by atomic mass is 9.51. The zero-order valence-corrected chi connectivity index (χ0v) is 25.9. The molecule has 8 nitrogen and oxygen atoms in total. The van der Waals surface area contributed by atoms with Crippen molar-refractivity contribution in [2.75, 3.05) is 6.61 Å². The highest BCUT2D eigenvalue weighted by molar-refractivity contribution is 6.02. The van der Waals surface area contributed by atoms with Gasteiger partial charge in [-0.3, -0.25) is 24.0 Å². The Morgan fingerprint density at radius 2 is 1.37 bits per heavy atom. The van der Waals surface area contributed by atoms with Crippen LogP contribution in [0.5, 0.6) is 0 Å². The van der Waals surface area contributed by atoms with Crippen LogP contribution < -0.4 is 0 Å². The zero-order valence-electron chi connectivity index (χ0n) is 25.9. The first kappa shape index (κ1) is 32.9. The molecule has 3 aliphatic rings. The lowest BCUT2D eigenvalue weighted by molar-refractivity contribution is -0.158. The number of ether oxygens (including phenoxy) is 3. The molecule has 0 saturated carbocycles. The van der Waals surface area contributed by atoms with Crippen LogP contribution in [0.15, 0.2) is 24.3 Å². The first-order chi connectivity index (χ1) is 20.8. The third-order valence-electron chi connectivity index (χ3n) is 9.91. The second kappa shape index (κ2) is 15.6. The maximum Gasteiger partial charge on any atom is 0.321 e. The van der Waals surface area contributed by atoms with Gasteiger partial charge < -0.3 is 14.2 Å². The van der Waals surface area contributed by atoms with Crippen molar-refractivity contribution in [1.82, 2.24) is 0 Å². The molecule has 1 aromatic rings. The van der Waals surface area contributed by atoms with Gasteiger partial charge in [-0.05, 0) is 23.5 Å². The summed E-state index contributed by atoms with van der Waals surface area (Å²) in [6.45, 7) is 4.31. The largest absolute Gasteiger partial charge is 0.466 e. The van der Waals surface area contributed by atoms with Gasteiger partial charge in [-0.2, -0.15) is 0 Å². The van der Waals surface area contributed by atoms with Crippen molar-refractivity contribution in [3.05, 3.63) is 35.4 Å². The summed E-state index contributed by atoms with van der Waals surface area (Å²) in [7, 11) is 0. The Balaban J connectivity index is 1.27. The number of cyclic esters (lactones) is 4.